The lowest BCUT2D eigenvalue weighted by Crippen LogP contribution is -2.15. The van der Waals surface area contributed by atoms with Crippen LogP contribution in [0.1, 0.15) is 12.0 Å². The van der Waals surface area contributed by atoms with E-state index in [1.807, 2.05) is 6.07 Å². The van der Waals surface area contributed by atoms with E-state index in [-0.39, 0.29) is 35.1 Å². The fourth-order valence-electron chi connectivity index (χ4n) is 2.24. The molecule has 0 atom stereocenters. The molecule has 0 aromatic heterocycles. The maximum absolute atomic E-state index is 12.5. The summed E-state index contributed by atoms with van der Waals surface area (Å²) in [4.78, 5) is 11.5. The van der Waals surface area contributed by atoms with Crippen molar-refractivity contribution in [1.82, 2.24) is 0 Å². The number of fused-ring (bicyclic) bond motifs is 1. The van der Waals surface area contributed by atoms with Gasteiger partial charge in [-0.05, 0) is 30.3 Å². The molecule has 0 spiro atoms. The predicted molar refractivity (Wildman–Crippen MR) is 87.1 cm³/mol. The number of nitriles is 1. The zero-order valence-electron chi connectivity index (χ0n) is 12.4. The molecule has 2 aromatic rings. The van der Waals surface area contributed by atoms with Gasteiger partial charge in [0.25, 0.3) is 10.0 Å². The SMILES string of the molecule is N#Cc1ccccc1NS(=O)(=O)c1ccc2c(c1)NC(=O)CCO2. The molecule has 0 aliphatic carbocycles. The van der Waals surface area contributed by atoms with Crippen LogP contribution >= 0.6 is 0 Å². The second kappa shape index (κ2) is 6.22. The average molecular weight is 343 g/mol. The minimum Gasteiger partial charge on any atom is -0.491 e. The van der Waals surface area contributed by atoms with Crippen molar-refractivity contribution in [2.45, 2.75) is 11.3 Å². The second-order valence-corrected chi connectivity index (χ2v) is 6.75. The molecule has 1 amide bonds. The van der Waals surface area contributed by atoms with Crippen LogP contribution in [0.3, 0.4) is 0 Å². The maximum Gasteiger partial charge on any atom is 0.262 e. The van der Waals surface area contributed by atoms with Crippen molar-refractivity contribution >= 4 is 27.3 Å². The summed E-state index contributed by atoms with van der Waals surface area (Å²) in [5.41, 5.74) is 0.705. The van der Waals surface area contributed by atoms with Crippen LogP contribution in [0, 0.1) is 11.3 Å². The molecule has 7 nitrogen and oxygen atoms in total. The van der Waals surface area contributed by atoms with E-state index >= 15 is 0 Å². The lowest BCUT2D eigenvalue weighted by atomic mass is 10.2. The molecule has 0 unspecified atom stereocenters. The van der Waals surface area contributed by atoms with Gasteiger partial charge in [0.2, 0.25) is 5.91 Å². The van der Waals surface area contributed by atoms with Gasteiger partial charge in [0.15, 0.2) is 0 Å². The van der Waals surface area contributed by atoms with Crippen LogP contribution in [0.15, 0.2) is 47.4 Å². The highest BCUT2D eigenvalue weighted by molar-refractivity contribution is 7.92. The molecule has 0 radical (unpaired) electrons. The maximum atomic E-state index is 12.5. The number of nitrogens with zero attached hydrogens (tertiary/aromatic N) is 1. The summed E-state index contributed by atoms with van der Waals surface area (Å²) in [5, 5.41) is 11.7. The molecule has 24 heavy (non-hydrogen) atoms. The van der Waals surface area contributed by atoms with Gasteiger partial charge in [-0.25, -0.2) is 8.42 Å². The van der Waals surface area contributed by atoms with Gasteiger partial charge < -0.3 is 10.1 Å². The Morgan fingerprint density at radius 2 is 2.00 bits per heavy atom. The fourth-order valence-corrected chi connectivity index (χ4v) is 3.35. The van der Waals surface area contributed by atoms with Crippen molar-refractivity contribution < 1.29 is 17.9 Å². The number of amides is 1. The van der Waals surface area contributed by atoms with Gasteiger partial charge in [-0.1, -0.05) is 12.1 Å². The number of anilines is 2. The van der Waals surface area contributed by atoms with Crippen molar-refractivity contribution in [3.05, 3.63) is 48.0 Å². The van der Waals surface area contributed by atoms with Crippen LogP contribution in [0.2, 0.25) is 0 Å². The Bertz CT molecular complexity index is 948. The molecule has 1 aliphatic rings. The normalized spacial score (nSPS) is 13.7. The third kappa shape index (κ3) is 3.16. The highest BCUT2D eigenvalue weighted by atomic mass is 32.2. The first-order valence-corrected chi connectivity index (χ1v) is 8.56. The van der Waals surface area contributed by atoms with Crippen molar-refractivity contribution in [3.63, 3.8) is 0 Å². The number of ether oxygens (including phenoxy) is 1. The van der Waals surface area contributed by atoms with E-state index in [1.165, 1.54) is 30.3 Å². The summed E-state index contributed by atoms with van der Waals surface area (Å²) in [6.45, 7) is 0.235. The van der Waals surface area contributed by atoms with Gasteiger partial charge in [-0.2, -0.15) is 5.26 Å². The van der Waals surface area contributed by atoms with Crippen molar-refractivity contribution in [1.29, 1.82) is 5.26 Å². The summed E-state index contributed by atoms with van der Waals surface area (Å²) in [6, 6.07) is 12.4. The monoisotopic (exact) mass is 343 g/mol. The summed E-state index contributed by atoms with van der Waals surface area (Å²) in [6.07, 6.45) is 0.199. The van der Waals surface area contributed by atoms with Crippen LogP contribution < -0.4 is 14.8 Å². The molecule has 0 saturated heterocycles. The van der Waals surface area contributed by atoms with Crippen LogP contribution in [-0.2, 0) is 14.8 Å². The standard InChI is InChI=1S/C16H13N3O4S/c17-10-11-3-1-2-4-13(11)19-24(21,22)12-5-6-15-14(9-12)18-16(20)7-8-23-15/h1-6,9,19H,7-8H2,(H,18,20). The Hall–Kier alpha value is -3.05. The molecule has 0 bridgehead atoms. The molecular formula is C16H13N3O4S. The lowest BCUT2D eigenvalue weighted by molar-refractivity contribution is -0.116. The molecule has 8 heteroatoms. The quantitative estimate of drug-likeness (QED) is 0.887. The number of nitrogens with one attached hydrogen (secondary N) is 2. The van der Waals surface area contributed by atoms with Gasteiger partial charge in [0, 0.05) is 0 Å². The van der Waals surface area contributed by atoms with Crippen LogP contribution in [0.4, 0.5) is 11.4 Å². The van der Waals surface area contributed by atoms with Gasteiger partial charge in [-0.3, -0.25) is 9.52 Å². The number of benzene rings is 2. The Labute approximate surface area is 138 Å². The molecule has 1 aliphatic heterocycles. The zero-order chi connectivity index (χ0) is 17.2. The highest BCUT2D eigenvalue weighted by Crippen LogP contribution is 2.30. The summed E-state index contributed by atoms with van der Waals surface area (Å²) in [7, 11) is -3.92. The van der Waals surface area contributed by atoms with Crippen LogP contribution in [0.5, 0.6) is 5.75 Å². The summed E-state index contributed by atoms with van der Waals surface area (Å²) in [5.74, 6) is 0.170. The van der Waals surface area contributed by atoms with E-state index in [0.717, 1.165) is 0 Å². The van der Waals surface area contributed by atoms with Crippen LogP contribution in [0.25, 0.3) is 0 Å². The fraction of sp³-hybridized carbons (Fsp3) is 0.125. The lowest BCUT2D eigenvalue weighted by Gasteiger charge is -2.12. The minimum absolute atomic E-state index is 0.0419. The Morgan fingerprint density at radius 3 is 2.79 bits per heavy atom. The Balaban J connectivity index is 1.96. The number of hydrogen-bond donors (Lipinski definition) is 2. The van der Waals surface area contributed by atoms with E-state index in [2.05, 4.69) is 10.0 Å². The van der Waals surface area contributed by atoms with E-state index < -0.39 is 10.0 Å². The van der Waals surface area contributed by atoms with E-state index in [0.29, 0.717) is 11.4 Å². The minimum atomic E-state index is -3.92. The highest BCUT2D eigenvalue weighted by Gasteiger charge is 2.20. The van der Waals surface area contributed by atoms with Crippen molar-refractivity contribution in [2.75, 3.05) is 16.6 Å². The average Bonchev–Trinajstić information content (AvgIpc) is 2.74. The van der Waals surface area contributed by atoms with Crippen molar-refractivity contribution in [3.8, 4) is 11.8 Å². The van der Waals surface area contributed by atoms with E-state index in [9.17, 15) is 13.2 Å². The number of carbonyl (C=O) groups is 1. The van der Waals surface area contributed by atoms with E-state index in [4.69, 9.17) is 10.00 Å². The van der Waals surface area contributed by atoms with Gasteiger partial charge in [0.1, 0.15) is 11.8 Å². The molecule has 2 aromatic carbocycles. The molecule has 122 valence electrons. The smallest absolute Gasteiger partial charge is 0.262 e. The zero-order valence-corrected chi connectivity index (χ0v) is 13.3. The number of carbonyl (C=O) groups excluding carboxylic acids is 1. The van der Waals surface area contributed by atoms with Crippen LogP contribution in [-0.4, -0.2) is 20.9 Å². The number of rotatable bonds is 3. The predicted octanol–water partition coefficient (Wildman–Crippen LogP) is 2.08. The molecular weight excluding hydrogens is 330 g/mol. The molecule has 2 N–H and O–H groups in total. The summed E-state index contributed by atoms with van der Waals surface area (Å²) < 4.78 is 32.9. The van der Waals surface area contributed by atoms with Crippen molar-refractivity contribution in [2.24, 2.45) is 0 Å². The number of para-hydroxylation sites is 1. The van der Waals surface area contributed by atoms with E-state index in [1.54, 1.807) is 12.1 Å². The Morgan fingerprint density at radius 1 is 1.21 bits per heavy atom. The molecule has 3 rings (SSSR count). The summed E-state index contributed by atoms with van der Waals surface area (Å²) >= 11 is 0. The first-order chi connectivity index (χ1) is 11.5. The Kier molecular flexibility index (Phi) is 4.10. The molecule has 0 saturated carbocycles. The third-order valence-electron chi connectivity index (χ3n) is 3.41. The molecule has 1 heterocycles. The number of hydrogen-bond acceptors (Lipinski definition) is 5. The number of sulfonamides is 1. The molecule has 0 fully saturated rings. The second-order valence-electron chi connectivity index (χ2n) is 5.07. The topological polar surface area (TPSA) is 108 Å². The third-order valence-corrected chi connectivity index (χ3v) is 4.78. The largest absolute Gasteiger partial charge is 0.491 e. The first kappa shape index (κ1) is 15.8. The van der Waals surface area contributed by atoms with Gasteiger partial charge in [0.05, 0.1) is 34.9 Å². The van der Waals surface area contributed by atoms with Gasteiger partial charge >= 0.3 is 0 Å². The van der Waals surface area contributed by atoms with Gasteiger partial charge in [-0.15, -0.1) is 0 Å². The first-order valence-electron chi connectivity index (χ1n) is 7.08.